The van der Waals surface area contributed by atoms with E-state index in [0.29, 0.717) is 12.6 Å². The van der Waals surface area contributed by atoms with Gasteiger partial charge < -0.3 is 15.2 Å². The van der Waals surface area contributed by atoms with Gasteiger partial charge in [-0.3, -0.25) is 4.90 Å². The van der Waals surface area contributed by atoms with Crippen molar-refractivity contribution in [2.24, 2.45) is 0 Å². The fraction of sp³-hybridized carbons (Fsp3) is 1.00. The summed E-state index contributed by atoms with van der Waals surface area (Å²) in [7, 11) is 0. The molecule has 1 unspecified atom stereocenters. The molecule has 0 spiro atoms. The first kappa shape index (κ1) is 14.9. The van der Waals surface area contributed by atoms with Crippen molar-refractivity contribution < 1.29 is 9.84 Å². The van der Waals surface area contributed by atoms with Gasteiger partial charge in [0.05, 0.1) is 13.2 Å². The fourth-order valence-electron chi connectivity index (χ4n) is 2.17. The highest BCUT2D eigenvalue weighted by molar-refractivity contribution is 4.69. The minimum absolute atomic E-state index is 0.334. The molecule has 0 saturated carbocycles. The second kappa shape index (κ2) is 9.83. The Morgan fingerprint density at radius 2 is 1.88 bits per heavy atom. The molecule has 4 nitrogen and oxygen atoms in total. The third-order valence-electron chi connectivity index (χ3n) is 3.21. The van der Waals surface area contributed by atoms with Crippen molar-refractivity contribution in [2.45, 2.75) is 38.6 Å². The third kappa shape index (κ3) is 7.71. The molecule has 1 heterocycles. The van der Waals surface area contributed by atoms with E-state index in [1.54, 1.807) is 0 Å². The van der Waals surface area contributed by atoms with Gasteiger partial charge >= 0.3 is 0 Å². The number of nitrogens with zero attached hydrogens (tertiary/aromatic N) is 1. The second-order valence-electron chi connectivity index (χ2n) is 4.91. The molecule has 2 N–H and O–H groups in total. The molecule has 1 saturated heterocycles. The van der Waals surface area contributed by atoms with Crippen LogP contribution in [0.25, 0.3) is 0 Å². The highest BCUT2D eigenvalue weighted by Gasteiger charge is 2.12. The van der Waals surface area contributed by atoms with E-state index in [2.05, 4.69) is 17.1 Å². The normalized spacial score (nSPS) is 19.4. The number of unbranched alkanes of at least 4 members (excludes halogenated alkanes) is 3. The van der Waals surface area contributed by atoms with Crippen LogP contribution in [0.3, 0.4) is 0 Å². The summed E-state index contributed by atoms with van der Waals surface area (Å²) in [5.41, 5.74) is 0. The number of ether oxygens (including phenoxy) is 1. The lowest BCUT2D eigenvalue weighted by Crippen LogP contribution is -2.44. The Morgan fingerprint density at radius 1 is 1.18 bits per heavy atom. The van der Waals surface area contributed by atoms with Crippen molar-refractivity contribution in [3.8, 4) is 0 Å². The molecule has 1 rings (SSSR count). The van der Waals surface area contributed by atoms with Gasteiger partial charge in [0.25, 0.3) is 0 Å². The van der Waals surface area contributed by atoms with Gasteiger partial charge in [-0.2, -0.15) is 0 Å². The molecule has 0 bridgehead atoms. The lowest BCUT2D eigenvalue weighted by atomic mass is 10.2. The average Bonchev–Trinajstić information content (AvgIpc) is 2.35. The molecule has 102 valence electrons. The molecule has 4 heteroatoms. The fourth-order valence-corrected chi connectivity index (χ4v) is 2.17. The molecule has 0 aromatic carbocycles. The van der Waals surface area contributed by atoms with Crippen LogP contribution in [0.15, 0.2) is 0 Å². The number of hydrogen-bond acceptors (Lipinski definition) is 4. The lowest BCUT2D eigenvalue weighted by molar-refractivity contribution is 0.0344. The summed E-state index contributed by atoms with van der Waals surface area (Å²) in [6, 6.07) is 0.561. The van der Waals surface area contributed by atoms with Crippen LogP contribution >= 0.6 is 0 Å². The summed E-state index contributed by atoms with van der Waals surface area (Å²) in [4.78, 5) is 2.47. The summed E-state index contributed by atoms with van der Waals surface area (Å²) >= 11 is 0. The monoisotopic (exact) mass is 244 g/mol. The largest absolute Gasteiger partial charge is 0.396 e. The zero-order valence-electron chi connectivity index (χ0n) is 11.2. The Kier molecular flexibility index (Phi) is 8.61. The number of aliphatic hydroxyl groups is 1. The van der Waals surface area contributed by atoms with E-state index >= 15 is 0 Å². The zero-order valence-corrected chi connectivity index (χ0v) is 11.2. The topological polar surface area (TPSA) is 44.7 Å². The van der Waals surface area contributed by atoms with Crippen LogP contribution in [-0.4, -0.2) is 62.0 Å². The summed E-state index contributed by atoms with van der Waals surface area (Å²) in [6.07, 6.45) is 4.53. The van der Waals surface area contributed by atoms with Gasteiger partial charge in [-0.05, 0) is 26.3 Å². The number of rotatable bonds is 9. The quantitative estimate of drug-likeness (QED) is 0.590. The van der Waals surface area contributed by atoms with Crippen LogP contribution in [-0.2, 0) is 4.74 Å². The smallest absolute Gasteiger partial charge is 0.0594 e. The number of aliphatic hydroxyl groups excluding tert-OH is 1. The summed E-state index contributed by atoms with van der Waals surface area (Å²) in [6.45, 7) is 8.72. The number of hydrogen-bond donors (Lipinski definition) is 2. The Hall–Kier alpha value is -0.160. The standard InChI is InChI=1S/C13H28N2O2/c1-13(12-15-7-10-17-11-8-15)14-6-4-2-3-5-9-16/h13-14,16H,2-12H2,1H3. The molecule has 1 aliphatic rings. The Morgan fingerprint density at radius 3 is 2.59 bits per heavy atom. The van der Waals surface area contributed by atoms with Crippen molar-refractivity contribution in [3.05, 3.63) is 0 Å². The molecule has 1 aliphatic heterocycles. The van der Waals surface area contributed by atoms with Gasteiger partial charge in [0, 0.05) is 32.3 Å². The molecule has 0 aliphatic carbocycles. The van der Waals surface area contributed by atoms with Gasteiger partial charge in [0.2, 0.25) is 0 Å². The number of morpholine rings is 1. The summed E-state index contributed by atoms with van der Waals surface area (Å²) in [5.74, 6) is 0. The van der Waals surface area contributed by atoms with E-state index in [1.165, 1.54) is 12.8 Å². The van der Waals surface area contributed by atoms with Crippen LogP contribution < -0.4 is 5.32 Å². The molecular formula is C13H28N2O2. The Labute approximate surface area is 105 Å². The molecule has 17 heavy (non-hydrogen) atoms. The van der Waals surface area contributed by atoms with Crippen LogP contribution in [0.4, 0.5) is 0 Å². The maximum atomic E-state index is 8.66. The van der Waals surface area contributed by atoms with Gasteiger partial charge in [-0.25, -0.2) is 0 Å². The maximum absolute atomic E-state index is 8.66. The molecule has 0 amide bonds. The Balaban J connectivity index is 1.91. The zero-order chi connectivity index (χ0) is 12.3. The van der Waals surface area contributed by atoms with Gasteiger partial charge in [-0.1, -0.05) is 12.8 Å². The van der Waals surface area contributed by atoms with E-state index in [0.717, 1.165) is 52.2 Å². The lowest BCUT2D eigenvalue weighted by Gasteiger charge is -2.29. The molecule has 1 atom stereocenters. The van der Waals surface area contributed by atoms with E-state index in [-0.39, 0.29) is 0 Å². The molecule has 1 fully saturated rings. The first-order valence-corrected chi connectivity index (χ1v) is 6.97. The predicted octanol–water partition coefficient (Wildman–Crippen LogP) is 0.849. The van der Waals surface area contributed by atoms with Crippen molar-refractivity contribution >= 4 is 0 Å². The van der Waals surface area contributed by atoms with E-state index in [1.807, 2.05) is 0 Å². The van der Waals surface area contributed by atoms with Gasteiger partial charge in [-0.15, -0.1) is 0 Å². The number of nitrogens with one attached hydrogen (secondary N) is 1. The SMILES string of the molecule is CC(CN1CCOCC1)NCCCCCCO. The highest BCUT2D eigenvalue weighted by atomic mass is 16.5. The molecular weight excluding hydrogens is 216 g/mol. The summed E-state index contributed by atoms with van der Waals surface area (Å²) in [5, 5.41) is 12.2. The van der Waals surface area contributed by atoms with Crippen LogP contribution in [0.1, 0.15) is 32.6 Å². The van der Waals surface area contributed by atoms with Crippen LogP contribution in [0.2, 0.25) is 0 Å². The third-order valence-corrected chi connectivity index (χ3v) is 3.21. The van der Waals surface area contributed by atoms with Gasteiger partial charge in [0.1, 0.15) is 0 Å². The predicted molar refractivity (Wildman–Crippen MR) is 70.3 cm³/mol. The second-order valence-corrected chi connectivity index (χ2v) is 4.91. The molecule has 0 aromatic heterocycles. The van der Waals surface area contributed by atoms with Crippen molar-refractivity contribution in [1.29, 1.82) is 0 Å². The van der Waals surface area contributed by atoms with E-state index in [9.17, 15) is 0 Å². The van der Waals surface area contributed by atoms with Crippen molar-refractivity contribution in [1.82, 2.24) is 10.2 Å². The minimum Gasteiger partial charge on any atom is -0.396 e. The average molecular weight is 244 g/mol. The van der Waals surface area contributed by atoms with Crippen LogP contribution in [0.5, 0.6) is 0 Å². The Bertz CT molecular complexity index is 173. The molecule has 0 aromatic rings. The highest BCUT2D eigenvalue weighted by Crippen LogP contribution is 2.00. The summed E-state index contributed by atoms with van der Waals surface area (Å²) < 4.78 is 5.33. The van der Waals surface area contributed by atoms with E-state index in [4.69, 9.17) is 9.84 Å². The maximum Gasteiger partial charge on any atom is 0.0594 e. The van der Waals surface area contributed by atoms with E-state index < -0.39 is 0 Å². The van der Waals surface area contributed by atoms with Gasteiger partial charge in [0.15, 0.2) is 0 Å². The first-order chi connectivity index (χ1) is 8.33. The van der Waals surface area contributed by atoms with Crippen molar-refractivity contribution in [2.75, 3.05) is 46.0 Å². The first-order valence-electron chi connectivity index (χ1n) is 6.97. The van der Waals surface area contributed by atoms with Crippen molar-refractivity contribution in [3.63, 3.8) is 0 Å². The minimum atomic E-state index is 0.334. The molecule has 0 radical (unpaired) electrons. The van der Waals surface area contributed by atoms with Crippen LogP contribution in [0, 0.1) is 0 Å².